The summed E-state index contributed by atoms with van der Waals surface area (Å²) in [6.45, 7) is 1.36. The Bertz CT molecular complexity index is 334. The second kappa shape index (κ2) is 5.00. The number of halogens is 1. The van der Waals surface area contributed by atoms with E-state index in [-0.39, 0.29) is 0 Å². The van der Waals surface area contributed by atoms with Gasteiger partial charge in [0, 0.05) is 5.02 Å². The molecule has 0 amide bonds. The van der Waals surface area contributed by atoms with Gasteiger partial charge in [-0.15, -0.1) is 0 Å². The quantitative estimate of drug-likeness (QED) is 0.824. The van der Waals surface area contributed by atoms with E-state index in [0.29, 0.717) is 10.8 Å². The molecule has 0 radical (unpaired) electrons. The lowest BCUT2D eigenvalue weighted by atomic mass is 10.2. The Hall–Kier alpha value is -1.26. The summed E-state index contributed by atoms with van der Waals surface area (Å²) in [5.41, 5.74) is 0. The molecule has 0 aliphatic carbocycles. The molecule has 0 aromatic heterocycles. The van der Waals surface area contributed by atoms with Crippen LogP contribution in [0.4, 0.5) is 0 Å². The standard InChI is InChI=1S/C10H11ClO4/c1-6(12)9(10(13)14)15-8-4-2-7(11)3-5-8/h2-6,9,12H,1H3,(H,13,14). The molecule has 5 heteroatoms. The van der Waals surface area contributed by atoms with Gasteiger partial charge in [-0.3, -0.25) is 0 Å². The molecule has 1 aromatic rings. The second-order valence-electron chi connectivity index (χ2n) is 3.07. The molecule has 0 heterocycles. The number of carboxylic acid groups (broad SMARTS) is 1. The summed E-state index contributed by atoms with van der Waals surface area (Å²) in [7, 11) is 0. The number of rotatable bonds is 4. The van der Waals surface area contributed by atoms with E-state index < -0.39 is 18.2 Å². The molecule has 0 saturated carbocycles. The van der Waals surface area contributed by atoms with E-state index in [1.807, 2.05) is 0 Å². The van der Waals surface area contributed by atoms with Crippen LogP contribution in [0.1, 0.15) is 6.92 Å². The van der Waals surface area contributed by atoms with Crippen LogP contribution >= 0.6 is 11.6 Å². The number of hydrogen-bond acceptors (Lipinski definition) is 3. The fraction of sp³-hybridized carbons (Fsp3) is 0.300. The van der Waals surface area contributed by atoms with Crippen molar-refractivity contribution >= 4 is 17.6 Å². The molecule has 2 N–H and O–H groups in total. The molecule has 0 bridgehead atoms. The van der Waals surface area contributed by atoms with Gasteiger partial charge in [-0.2, -0.15) is 0 Å². The number of ether oxygens (including phenoxy) is 1. The smallest absolute Gasteiger partial charge is 0.347 e. The zero-order valence-corrected chi connectivity index (χ0v) is 8.81. The first-order valence-corrected chi connectivity index (χ1v) is 4.71. The Balaban J connectivity index is 2.74. The van der Waals surface area contributed by atoms with Gasteiger partial charge < -0.3 is 14.9 Å². The monoisotopic (exact) mass is 230 g/mol. The van der Waals surface area contributed by atoms with Crippen LogP contribution in [0.25, 0.3) is 0 Å². The Morgan fingerprint density at radius 2 is 1.93 bits per heavy atom. The zero-order chi connectivity index (χ0) is 11.4. The predicted molar refractivity (Wildman–Crippen MR) is 55.2 cm³/mol. The molecule has 0 spiro atoms. The van der Waals surface area contributed by atoms with Crippen molar-refractivity contribution in [3.8, 4) is 5.75 Å². The highest BCUT2D eigenvalue weighted by Gasteiger charge is 2.24. The summed E-state index contributed by atoms with van der Waals surface area (Å²) in [4.78, 5) is 10.7. The minimum Gasteiger partial charge on any atom is -0.478 e. The molecule has 82 valence electrons. The summed E-state index contributed by atoms with van der Waals surface area (Å²) in [5.74, 6) is -0.854. The van der Waals surface area contributed by atoms with E-state index in [1.54, 1.807) is 24.3 Å². The van der Waals surface area contributed by atoms with Gasteiger partial charge in [0.25, 0.3) is 0 Å². The molecule has 0 saturated heterocycles. The third kappa shape index (κ3) is 3.42. The predicted octanol–water partition coefficient (Wildman–Crippen LogP) is 1.55. The topological polar surface area (TPSA) is 66.8 Å². The SMILES string of the molecule is CC(O)C(Oc1ccc(Cl)cc1)C(=O)O. The molecule has 15 heavy (non-hydrogen) atoms. The third-order valence-electron chi connectivity index (χ3n) is 1.76. The maximum absolute atomic E-state index is 10.7. The number of hydrogen-bond donors (Lipinski definition) is 2. The van der Waals surface area contributed by atoms with E-state index in [4.69, 9.17) is 26.6 Å². The molecular weight excluding hydrogens is 220 g/mol. The first-order chi connectivity index (χ1) is 7.00. The van der Waals surface area contributed by atoms with E-state index in [9.17, 15) is 4.79 Å². The fourth-order valence-corrected chi connectivity index (χ4v) is 1.14. The van der Waals surface area contributed by atoms with Crippen LogP contribution in [0.5, 0.6) is 5.75 Å². The van der Waals surface area contributed by atoms with Gasteiger partial charge in [-0.1, -0.05) is 11.6 Å². The van der Waals surface area contributed by atoms with Gasteiger partial charge in [0.1, 0.15) is 5.75 Å². The summed E-state index contributed by atoms with van der Waals surface area (Å²) in [6.07, 6.45) is -2.36. The number of carbonyl (C=O) groups is 1. The van der Waals surface area contributed by atoms with Crippen LogP contribution in [0.2, 0.25) is 5.02 Å². The van der Waals surface area contributed by atoms with Crippen LogP contribution in [0.3, 0.4) is 0 Å². The molecule has 0 aliphatic heterocycles. The van der Waals surface area contributed by atoms with E-state index in [0.717, 1.165) is 0 Å². The van der Waals surface area contributed by atoms with Crippen molar-refractivity contribution in [2.45, 2.75) is 19.1 Å². The zero-order valence-electron chi connectivity index (χ0n) is 8.05. The Kier molecular flexibility index (Phi) is 3.94. The normalized spacial score (nSPS) is 14.3. The molecular formula is C10H11ClO4. The highest BCUT2D eigenvalue weighted by Crippen LogP contribution is 2.17. The molecule has 1 rings (SSSR count). The highest BCUT2D eigenvalue weighted by atomic mass is 35.5. The number of aliphatic hydroxyl groups excluding tert-OH is 1. The van der Waals surface area contributed by atoms with Crippen molar-refractivity contribution in [2.24, 2.45) is 0 Å². The number of aliphatic hydroxyl groups is 1. The number of aliphatic carboxylic acids is 1. The van der Waals surface area contributed by atoms with Crippen LogP contribution in [-0.4, -0.2) is 28.4 Å². The van der Waals surface area contributed by atoms with Crippen molar-refractivity contribution in [3.05, 3.63) is 29.3 Å². The number of carboxylic acids is 1. The Morgan fingerprint density at radius 1 is 1.40 bits per heavy atom. The lowest BCUT2D eigenvalue weighted by Crippen LogP contribution is -2.37. The first-order valence-electron chi connectivity index (χ1n) is 4.34. The fourth-order valence-electron chi connectivity index (χ4n) is 1.01. The summed E-state index contributed by atoms with van der Waals surface area (Å²) in [5, 5.41) is 18.4. The van der Waals surface area contributed by atoms with Crippen LogP contribution in [-0.2, 0) is 4.79 Å². The lowest BCUT2D eigenvalue weighted by molar-refractivity contribution is -0.149. The van der Waals surface area contributed by atoms with Crippen molar-refractivity contribution in [1.29, 1.82) is 0 Å². The molecule has 2 atom stereocenters. The highest BCUT2D eigenvalue weighted by molar-refractivity contribution is 6.30. The molecule has 1 aromatic carbocycles. The van der Waals surface area contributed by atoms with Gasteiger partial charge in [-0.05, 0) is 31.2 Å². The Morgan fingerprint density at radius 3 is 2.33 bits per heavy atom. The minimum absolute atomic E-state index is 0.354. The maximum Gasteiger partial charge on any atom is 0.347 e. The minimum atomic E-state index is -1.27. The van der Waals surface area contributed by atoms with E-state index in [1.165, 1.54) is 6.92 Å². The van der Waals surface area contributed by atoms with Gasteiger partial charge in [0.05, 0.1) is 6.10 Å². The molecule has 4 nitrogen and oxygen atoms in total. The summed E-state index contributed by atoms with van der Waals surface area (Å²) >= 11 is 5.65. The van der Waals surface area contributed by atoms with Gasteiger partial charge >= 0.3 is 5.97 Å². The van der Waals surface area contributed by atoms with Crippen molar-refractivity contribution in [2.75, 3.05) is 0 Å². The third-order valence-corrected chi connectivity index (χ3v) is 2.01. The molecule has 2 unspecified atom stereocenters. The maximum atomic E-state index is 10.7. The van der Waals surface area contributed by atoms with Gasteiger partial charge in [-0.25, -0.2) is 4.79 Å². The van der Waals surface area contributed by atoms with Crippen molar-refractivity contribution < 1.29 is 19.7 Å². The molecule has 0 fully saturated rings. The van der Waals surface area contributed by atoms with Crippen LogP contribution in [0.15, 0.2) is 24.3 Å². The van der Waals surface area contributed by atoms with Gasteiger partial charge in [0.2, 0.25) is 6.10 Å². The van der Waals surface area contributed by atoms with E-state index in [2.05, 4.69) is 0 Å². The summed E-state index contributed by atoms with van der Waals surface area (Å²) in [6, 6.07) is 6.25. The van der Waals surface area contributed by atoms with Gasteiger partial charge in [0.15, 0.2) is 0 Å². The van der Waals surface area contributed by atoms with Crippen molar-refractivity contribution in [1.82, 2.24) is 0 Å². The largest absolute Gasteiger partial charge is 0.478 e. The van der Waals surface area contributed by atoms with Crippen LogP contribution in [0, 0.1) is 0 Å². The summed E-state index contributed by atoms with van der Waals surface area (Å²) < 4.78 is 5.08. The average molecular weight is 231 g/mol. The second-order valence-corrected chi connectivity index (χ2v) is 3.51. The Labute approximate surface area is 92.1 Å². The van der Waals surface area contributed by atoms with Crippen molar-refractivity contribution in [3.63, 3.8) is 0 Å². The lowest BCUT2D eigenvalue weighted by Gasteiger charge is -2.17. The average Bonchev–Trinajstić information content (AvgIpc) is 2.15. The van der Waals surface area contributed by atoms with Crippen LogP contribution < -0.4 is 4.74 Å². The molecule has 0 aliphatic rings. The van der Waals surface area contributed by atoms with E-state index >= 15 is 0 Å². The number of benzene rings is 1. The first kappa shape index (κ1) is 11.8.